The van der Waals surface area contributed by atoms with Crippen LogP contribution in [0.15, 0.2) is 42.5 Å². The number of hydrogen-bond acceptors (Lipinski definition) is 8. The number of nitrogens with one attached hydrogen (secondary N) is 2. The molecule has 2 aromatic carbocycles. The third kappa shape index (κ3) is 6.14. The Hall–Kier alpha value is -3.74. The highest BCUT2D eigenvalue weighted by atomic mass is 19.4. The Labute approximate surface area is 235 Å². The zero-order valence-electron chi connectivity index (χ0n) is 22.9. The number of rotatable bonds is 9. The molecule has 0 bridgehead atoms. The van der Waals surface area contributed by atoms with Gasteiger partial charge in [-0.1, -0.05) is 36.8 Å². The normalized spacial score (nSPS) is 15.0. The molecule has 1 aliphatic heterocycles. The number of likely N-dealkylation sites (tertiary alicyclic amines) is 1. The Morgan fingerprint density at radius 1 is 1.10 bits per heavy atom. The maximum Gasteiger partial charge on any atom is 0.423 e. The summed E-state index contributed by atoms with van der Waals surface area (Å²) in [7, 11) is 1.32. The Bertz CT molecular complexity index is 1540. The van der Waals surface area contributed by atoms with Crippen LogP contribution in [0.5, 0.6) is 0 Å². The van der Waals surface area contributed by atoms with Crippen molar-refractivity contribution in [2.75, 3.05) is 38.6 Å². The number of piperidine rings is 1. The summed E-state index contributed by atoms with van der Waals surface area (Å²) in [6, 6.07) is 11.0. The minimum Gasteiger partial charge on any atom is -0.465 e. The van der Waals surface area contributed by atoms with Gasteiger partial charge in [-0.25, -0.2) is 14.8 Å². The van der Waals surface area contributed by atoms with Crippen LogP contribution in [0.3, 0.4) is 0 Å². The highest BCUT2D eigenvalue weighted by Gasteiger charge is 2.50. The molecule has 0 aliphatic carbocycles. The van der Waals surface area contributed by atoms with Gasteiger partial charge in [-0.05, 0) is 62.2 Å². The van der Waals surface area contributed by atoms with E-state index in [1.165, 1.54) is 44.6 Å². The van der Waals surface area contributed by atoms with Crippen LogP contribution in [-0.4, -0.2) is 65.3 Å². The highest BCUT2D eigenvalue weighted by molar-refractivity contribution is 6.12. The minimum atomic E-state index is -4.82. The lowest BCUT2D eigenvalue weighted by molar-refractivity contribution is -0.188. The number of nitrogens with two attached hydrogens (primary N) is 2. The molecular formula is C29H34F3N7O2. The summed E-state index contributed by atoms with van der Waals surface area (Å²) in [6.07, 6.45) is -0.00403. The van der Waals surface area contributed by atoms with Crippen molar-refractivity contribution >= 4 is 33.7 Å². The molecule has 6 N–H and O–H groups in total. The molecule has 0 atom stereocenters. The second-order valence-electron chi connectivity index (χ2n) is 10.5. The summed E-state index contributed by atoms with van der Waals surface area (Å²) in [5.41, 5.74) is 9.84. The number of esters is 1. The van der Waals surface area contributed by atoms with Gasteiger partial charge in [0.15, 0.2) is 5.66 Å². The van der Waals surface area contributed by atoms with Crippen LogP contribution >= 0.6 is 0 Å². The number of aromatic amines is 1. The molecule has 3 heterocycles. The number of alkyl halides is 3. The molecule has 0 unspecified atom stereocenters. The van der Waals surface area contributed by atoms with Crippen LogP contribution in [0, 0.1) is 0 Å². The summed E-state index contributed by atoms with van der Waals surface area (Å²) >= 11 is 0. The number of anilines is 1. The van der Waals surface area contributed by atoms with E-state index in [9.17, 15) is 18.0 Å². The molecule has 9 nitrogen and oxygen atoms in total. The smallest absolute Gasteiger partial charge is 0.423 e. The van der Waals surface area contributed by atoms with Crippen molar-refractivity contribution in [3.63, 3.8) is 0 Å². The average Bonchev–Trinajstić information content (AvgIpc) is 3.32. The maximum atomic E-state index is 13.5. The zero-order chi connectivity index (χ0) is 29.2. The highest BCUT2D eigenvalue weighted by Crippen LogP contribution is 2.34. The number of carbonyl (C=O) groups is 1. The SMILES string of the molecule is COC(=O)c1ccc2c(c1)[nH]c1nc(Cc3cccc(C(N)(N)C(F)(F)F)c3)nc(NCCCN3CCCCC3)c12. The molecule has 0 spiro atoms. The molecule has 4 aromatic rings. The molecule has 2 aromatic heterocycles. The number of aromatic nitrogens is 3. The van der Waals surface area contributed by atoms with E-state index in [1.54, 1.807) is 18.2 Å². The van der Waals surface area contributed by atoms with Gasteiger partial charge < -0.3 is 31.4 Å². The lowest BCUT2D eigenvalue weighted by Crippen LogP contribution is -2.57. The van der Waals surface area contributed by atoms with Crippen molar-refractivity contribution in [3.8, 4) is 0 Å². The van der Waals surface area contributed by atoms with Gasteiger partial charge in [-0.3, -0.25) is 0 Å². The molecule has 41 heavy (non-hydrogen) atoms. The third-order valence-corrected chi connectivity index (χ3v) is 7.55. The van der Waals surface area contributed by atoms with Gasteiger partial charge in [0, 0.05) is 23.9 Å². The van der Waals surface area contributed by atoms with E-state index in [2.05, 4.69) is 20.2 Å². The van der Waals surface area contributed by atoms with Crippen molar-refractivity contribution in [2.45, 2.75) is 43.9 Å². The second-order valence-corrected chi connectivity index (χ2v) is 10.5. The number of fused-ring (bicyclic) bond motifs is 3. The minimum absolute atomic E-state index is 0.156. The largest absolute Gasteiger partial charge is 0.465 e. The molecule has 0 amide bonds. The lowest BCUT2D eigenvalue weighted by Gasteiger charge is -2.28. The maximum absolute atomic E-state index is 13.5. The zero-order valence-corrected chi connectivity index (χ0v) is 22.9. The number of carbonyl (C=O) groups excluding carboxylic acids is 1. The Morgan fingerprint density at radius 3 is 2.61 bits per heavy atom. The first kappa shape index (κ1) is 28.8. The van der Waals surface area contributed by atoms with Gasteiger partial charge in [0.05, 0.1) is 18.1 Å². The van der Waals surface area contributed by atoms with E-state index in [-0.39, 0.29) is 12.0 Å². The van der Waals surface area contributed by atoms with Crippen molar-refractivity contribution in [1.29, 1.82) is 0 Å². The van der Waals surface area contributed by atoms with Crippen LogP contribution in [0.25, 0.3) is 21.9 Å². The number of halogens is 3. The third-order valence-electron chi connectivity index (χ3n) is 7.55. The quantitative estimate of drug-likeness (QED) is 0.132. The van der Waals surface area contributed by atoms with Crippen LogP contribution in [0.2, 0.25) is 0 Å². The molecule has 1 aliphatic rings. The first-order chi connectivity index (χ1) is 19.6. The van der Waals surface area contributed by atoms with Crippen molar-refractivity contribution < 1.29 is 22.7 Å². The average molecular weight is 570 g/mol. The van der Waals surface area contributed by atoms with Crippen molar-refractivity contribution in [1.82, 2.24) is 19.9 Å². The van der Waals surface area contributed by atoms with Crippen LogP contribution in [0.1, 0.15) is 53.0 Å². The number of H-pyrrole nitrogens is 1. The van der Waals surface area contributed by atoms with Gasteiger partial charge in [0.25, 0.3) is 0 Å². The van der Waals surface area contributed by atoms with Gasteiger partial charge in [-0.2, -0.15) is 13.2 Å². The fraction of sp³-hybridized carbons (Fsp3) is 0.414. The first-order valence-corrected chi connectivity index (χ1v) is 13.7. The van der Waals surface area contributed by atoms with Crippen LogP contribution in [-0.2, 0) is 16.8 Å². The lowest BCUT2D eigenvalue weighted by atomic mass is 9.97. The van der Waals surface area contributed by atoms with Crippen LogP contribution < -0.4 is 16.8 Å². The Kier molecular flexibility index (Phi) is 8.16. The number of hydrogen-bond donors (Lipinski definition) is 4. The van der Waals surface area contributed by atoms with E-state index < -0.39 is 17.8 Å². The van der Waals surface area contributed by atoms with Gasteiger partial charge >= 0.3 is 12.1 Å². The molecule has 12 heteroatoms. The fourth-order valence-corrected chi connectivity index (χ4v) is 5.27. The second kappa shape index (κ2) is 11.6. The van der Waals surface area contributed by atoms with E-state index >= 15 is 0 Å². The molecule has 1 saturated heterocycles. The van der Waals surface area contributed by atoms with Crippen molar-refractivity contribution in [2.24, 2.45) is 11.5 Å². The molecule has 0 radical (unpaired) electrons. The standard InChI is InChI=1S/C29H34F3N7O2/c1-41-27(40)19-9-10-21-22(17-19)36-26-24(21)25(35-11-6-14-39-12-3-2-4-13-39)37-23(38-26)16-18-7-5-8-20(15-18)28(33,34)29(30,31)32/h5,7-10,15,17H,2-4,6,11-14,16,33-34H2,1H3,(H2,35,36,37,38). The summed E-state index contributed by atoms with van der Waals surface area (Å²) < 4.78 is 45.2. The fourth-order valence-electron chi connectivity index (χ4n) is 5.27. The van der Waals surface area contributed by atoms with Gasteiger partial charge in [0.1, 0.15) is 17.3 Å². The van der Waals surface area contributed by atoms with Gasteiger partial charge in [0.2, 0.25) is 0 Å². The monoisotopic (exact) mass is 569 g/mol. The predicted molar refractivity (Wildman–Crippen MR) is 151 cm³/mol. The molecule has 218 valence electrons. The number of ether oxygens (including phenoxy) is 1. The summed E-state index contributed by atoms with van der Waals surface area (Å²) in [4.78, 5) is 27.3. The van der Waals surface area contributed by atoms with E-state index in [0.717, 1.165) is 36.8 Å². The van der Waals surface area contributed by atoms with E-state index in [4.69, 9.17) is 21.2 Å². The Morgan fingerprint density at radius 2 is 1.88 bits per heavy atom. The summed E-state index contributed by atoms with van der Waals surface area (Å²) in [6.45, 7) is 3.90. The van der Waals surface area contributed by atoms with Crippen LogP contribution in [0.4, 0.5) is 19.0 Å². The molecule has 1 fully saturated rings. The predicted octanol–water partition coefficient (Wildman–Crippen LogP) is 4.41. The topological polar surface area (TPSA) is 135 Å². The van der Waals surface area contributed by atoms with E-state index in [1.807, 2.05) is 6.07 Å². The summed E-state index contributed by atoms with van der Waals surface area (Å²) in [5, 5.41) is 5.06. The number of methoxy groups -OCH3 is 1. The molecular weight excluding hydrogens is 535 g/mol. The summed E-state index contributed by atoms with van der Waals surface area (Å²) in [5.74, 6) is 0.557. The number of nitrogens with zero attached hydrogens (tertiary/aromatic N) is 3. The van der Waals surface area contributed by atoms with E-state index in [0.29, 0.717) is 40.5 Å². The Balaban J connectivity index is 1.47. The molecule has 5 rings (SSSR count). The van der Waals surface area contributed by atoms with Gasteiger partial charge in [-0.15, -0.1) is 0 Å². The van der Waals surface area contributed by atoms with Crippen molar-refractivity contribution in [3.05, 3.63) is 65.0 Å². The first-order valence-electron chi connectivity index (χ1n) is 13.7. The number of benzene rings is 2. The molecule has 0 saturated carbocycles.